The van der Waals surface area contributed by atoms with E-state index in [0.29, 0.717) is 24.4 Å². The van der Waals surface area contributed by atoms with Crippen LogP contribution in [0.2, 0.25) is 0 Å². The third-order valence-corrected chi connectivity index (χ3v) is 12.0. The second-order valence-electron chi connectivity index (χ2n) is 15.1. The number of hydrogen-bond acceptors (Lipinski definition) is 9. The minimum absolute atomic E-state index is 0.0152. The quantitative estimate of drug-likeness (QED) is 0.311. The van der Waals surface area contributed by atoms with Crippen molar-refractivity contribution in [3.05, 3.63) is 74.7 Å². The fourth-order valence-electron chi connectivity index (χ4n) is 8.56. The summed E-state index contributed by atoms with van der Waals surface area (Å²) in [7, 11) is 5.19. The smallest absolute Gasteiger partial charge is 0.255 e. The largest absolute Gasteiger partial charge is 0.496 e. The van der Waals surface area contributed by atoms with Crippen LogP contribution < -0.4 is 25.2 Å². The molecule has 1 unspecified atom stereocenters. The highest BCUT2D eigenvalue weighted by Crippen LogP contribution is 2.38. The van der Waals surface area contributed by atoms with Crippen molar-refractivity contribution >= 4 is 23.4 Å². The Hall–Kier alpha value is -4.68. The third-order valence-electron chi connectivity index (χ3n) is 12.0. The first kappa shape index (κ1) is 36.7. The normalized spacial score (nSPS) is 20.2. The lowest BCUT2D eigenvalue weighted by Gasteiger charge is -2.37. The number of carbonyl (C=O) groups is 3. The number of ether oxygens (including phenoxy) is 2. The predicted octanol–water partition coefficient (Wildman–Crippen LogP) is 3.87. The van der Waals surface area contributed by atoms with Crippen LogP contribution >= 0.6 is 0 Å². The average Bonchev–Trinajstić information content (AvgIpc) is 3.50. The van der Waals surface area contributed by atoms with Crippen molar-refractivity contribution in [1.82, 2.24) is 24.6 Å². The lowest BCUT2D eigenvalue weighted by Crippen LogP contribution is -2.52. The van der Waals surface area contributed by atoms with E-state index in [9.17, 15) is 19.2 Å². The number of anilines is 1. The molecule has 53 heavy (non-hydrogen) atoms. The number of aryl methyl sites for hydroxylation is 1. The van der Waals surface area contributed by atoms with E-state index < -0.39 is 6.04 Å². The summed E-state index contributed by atoms with van der Waals surface area (Å²) in [4.78, 5) is 58.8. The molecular formula is C41H52N6O6. The van der Waals surface area contributed by atoms with E-state index in [1.807, 2.05) is 32.2 Å². The number of pyridine rings is 1. The fourth-order valence-corrected chi connectivity index (χ4v) is 8.56. The molecule has 0 saturated carbocycles. The van der Waals surface area contributed by atoms with Gasteiger partial charge in [-0.15, -0.1) is 0 Å². The van der Waals surface area contributed by atoms with Gasteiger partial charge in [0.1, 0.15) is 17.5 Å². The molecule has 0 spiro atoms. The SMILES string of the molecule is COc1cc(-c2cn(C)c(=O)c(C)c2C)cc(OC)c1CN1CCN(CCC2CCN(c3ccc4c(c3)CN(C3CCC(=O)NC3=O)C4=O)CC2)CC1. The Morgan fingerprint density at radius 2 is 1.49 bits per heavy atom. The van der Waals surface area contributed by atoms with E-state index in [1.165, 1.54) is 6.42 Å². The number of hydrogen-bond donors (Lipinski definition) is 1. The number of aromatic nitrogens is 1. The highest BCUT2D eigenvalue weighted by Gasteiger charge is 2.39. The molecule has 282 valence electrons. The van der Waals surface area contributed by atoms with Crippen molar-refractivity contribution in [1.29, 1.82) is 0 Å². The average molecular weight is 725 g/mol. The molecule has 3 saturated heterocycles. The van der Waals surface area contributed by atoms with E-state index >= 15 is 0 Å². The number of fused-ring (bicyclic) bond motifs is 1. The number of imide groups is 1. The molecule has 5 heterocycles. The molecule has 3 fully saturated rings. The Bertz CT molecular complexity index is 1930. The van der Waals surface area contributed by atoms with Crippen LogP contribution in [0.25, 0.3) is 11.1 Å². The zero-order valence-electron chi connectivity index (χ0n) is 31.7. The Morgan fingerprint density at radius 3 is 2.15 bits per heavy atom. The van der Waals surface area contributed by atoms with Gasteiger partial charge < -0.3 is 28.7 Å². The molecule has 2 aromatic carbocycles. The Labute approximate surface area is 311 Å². The van der Waals surface area contributed by atoms with Crippen molar-refractivity contribution in [2.24, 2.45) is 13.0 Å². The summed E-state index contributed by atoms with van der Waals surface area (Å²) in [5, 5.41) is 2.38. The third kappa shape index (κ3) is 7.44. The standard InChI is InChI=1S/C41H52N6O6/c1-26-27(2)40(50)43(3)24-33(26)29-21-36(52-4)34(37(22-29)53-5)25-45-18-16-44(17-19-45)13-10-28-11-14-46(15-12-28)31-6-7-32-30(20-31)23-47(41(32)51)35-8-9-38(48)42-39(35)49/h6-7,20-22,24,28,35H,8-19,23,25H2,1-5H3,(H,42,48,49). The highest BCUT2D eigenvalue weighted by atomic mass is 16.5. The Morgan fingerprint density at radius 1 is 0.811 bits per heavy atom. The summed E-state index contributed by atoms with van der Waals surface area (Å²) >= 11 is 0. The van der Waals surface area contributed by atoms with E-state index in [4.69, 9.17) is 9.47 Å². The van der Waals surface area contributed by atoms with Gasteiger partial charge in [0.2, 0.25) is 11.8 Å². The van der Waals surface area contributed by atoms with Crippen molar-refractivity contribution < 1.29 is 23.9 Å². The van der Waals surface area contributed by atoms with Crippen LogP contribution in [-0.4, -0.2) is 103 Å². The van der Waals surface area contributed by atoms with E-state index in [2.05, 4.69) is 38.2 Å². The maximum Gasteiger partial charge on any atom is 0.255 e. The molecule has 0 aliphatic carbocycles. The molecule has 4 aliphatic rings. The number of methoxy groups -OCH3 is 2. The minimum Gasteiger partial charge on any atom is -0.496 e. The maximum atomic E-state index is 13.1. The summed E-state index contributed by atoms with van der Waals surface area (Å²) < 4.78 is 13.5. The fraction of sp³-hybridized carbons (Fsp3) is 0.512. The monoisotopic (exact) mass is 724 g/mol. The molecule has 1 atom stereocenters. The van der Waals surface area contributed by atoms with E-state index in [1.54, 1.807) is 30.7 Å². The molecule has 12 heteroatoms. The minimum atomic E-state index is -0.589. The Balaban J connectivity index is 0.887. The summed E-state index contributed by atoms with van der Waals surface area (Å²) in [6.45, 7) is 12.1. The molecule has 1 N–H and O–H groups in total. The number of amides is 3. The molecule has 0 bridgehead atoms. The lowest BCUT2D eigenvalue weighted by molar-refractivity contribution is -0.136. The number of piperidine rings is 2. The van der Waals surface area contributed by atoms with Gasteiger partial charge >= 0.3 is 0 Å². The molecule has 4 aliphatic heterocycles. The van der Waals surface area contributed by atoms with Crippen molar-refractivity contribution in [3.8, 4) is 22.6 Å². The van der Waals surface area contributed by atoms with E-state index in [0.717, 1.165) is 116 Å². The molecule has 12 nitrogen and oxygen atoms in total. The van der Waals surface area contributed by atoms with Crippen LogP contribution in [-0.2, 0) is 29.7 Å². The summed E-state index contributed by atoms with van der Waals surface area (Å²) in [6.07, 6.45) is 6.01. The Kier molecular flexibility index (Phi) is 10.6. The summed E-state index contributed by atoms with van der Waals surface area (Å²) in [5.41, 5.74) is 7.48. The van der Waals surface area contributed by atoms with Gasteiger partial charge in [0.05, 0.1) is 19.8 Å². The first-order chi connectivity index (χ1) is 25.5. The first-order valence-corrected chi connectivity index (χ1v) is 18.9. The van der Waals surface area contributed by atoms with Gasteiger partial charge in [-0.3, -0.25) is 29.4 Å². The topological polar surface area (TPSA) is 117 Å². The summed E-state index contributed by atoms with van der Waals surface area (Å²) in [5.74, 6) is 1.50. The molecule has 1 aromatic heterocycles. The zero-order valence-corrected chi connectivity index (χ0v) is 31.7. The molecule has 0 radical (unpaired) electrons. The van der Waals surface area contributed by atoms with Crippen molar-refractivity contribution in [2.45, 2.75) is 65.1 Å². The zero-order chi connectivity index (χ0) is 37.4. The predicted molar refractivity (Wildman–Crippen MR) is 203 cm³/mol. The molecule has 3 aromatic rings. The number of benzene rings is 2. The van der Waals surface area contributed by atoms with Gasteiger partial charge in [-0.05, 0) is 99.0 Å². The van der Waals surface area contributed by atoms with Crippen LogP contribution in [0.5, 0.6) is 11.5 Å². The molecular weight excluding hydrogens is 672 g/mol. The number of piperazine rings is 1. The van der Waals surface area contributed by atoms with Gasteiger partial charge in [-0.25, -0.2) is 0 Å². The number of rotatable bonds is 10. The van der Waals surface area contributed by atoms with Gasteiger partial charge in [0.15, 0.2) is 0 Å². The first-order valence-electron chi connectivity index (χ1n) is 18.9. The van der Waals surface area contributed by atoms with E-state index in [-0.39, 0.29) is 29.7 Å². The van der Waals surface area contributed by atoms with Crippen LogP contribution in [0.15, 0.2) is 41.3 Å². The second-order valence-corrected chi connectivity index (χ2v) is 15.1. The number of carbonyl (C=O) groups excluding carboxylic acids is 3. The number of nitrogens with zero attached hydrogens (tertiary/aromatic N) is 5. The highest BCUT2D eigenvalue weighted by molar-refractivity contribution is 6.05. The second kappa shape index (κ2) is 15.4. The van der Waals surface area contributed by atoms with Crippen molar-refractivity contribution in [2.75, 3.05) is 64.9 Å². The molecule has 3 amide bonds. The van der Waals surface area contributed by atoms with Crippen LogP contribution in [0.3, 0.4) is 0 Å². The van der Waals surface area contributed by atoms with Crippen LogP contribution in [0.4, 0.5) is 5.69 Å². The van der Waals surface area contributed by atoms with Crippen molar-refractivity contribution in [3.63, 3.8) is 0 Å². The van der Waals surface area contributed by atoms with Gasteiger partial charge in [-0.2, -0.15) is 0 Å². The van der Waals surface area contributed by atoms with Crippen LogP contribution in [0, 0.1) is 19.8 Å². The summed E-state index contributed by atoms with van der Waals surface area (Å²) in [6, 6.07) is 9.61. The lowest BCUT2D eigenvalue weighted by atomic mass is 9.92. The molecule has 7 rings (SSSR count). The van der Waals surface area contributed by atoms with Gasteiger partial charge in [-0.1, -0.05) is 0 Å². The number of nitrogens with one attached hydrogen (secondary N) is 1. The van der Waals surface area contributed by atoms with Gasteiger partial charge in [0.25, 0.3) is 11.5 Å². The van der Waals surface area contributed by atoms with Crippen LogP contribution in [0.1, 0.15) is 64.7 Å². The maximum absolute atomic E-state index is 13.1. The van der Waals surface area contributed by atoms with Gasteiger partial charge in [0, 0.05) is 94.4 Å².